The first kappa shape index (κ1) is 29.5. The molecule has 1 aliphatic carbocycles. The van der Waals surface area contributed by atoms with Gasteiger partial charge in [0.15, 0.2) is 5.69 Å². The Kier molecular flexibility index (Phi) is 6.12. The second-order valence-corrected chi connectivity index (χ2v) is 14.6. The first-order chi connectivity index (χ1) is 24.9. The zero-order chi connectivity index (χ0) is 34.5. The minimum absolute atomic E-state index is 0.00456. The van der Waals surface area contributed by atoms with E-state index in [0.29, 0.717) is 11.3 Å². The Balaban J connectivity index is 1.28. The third kappa shape index (κ3) is 3.93. The molecule has 3 aromatic heterocycles. The number of nitriles is 1. The molecule has 0 spiro atoms. The van der Waals surface area contributed by atoms with Crippen molar-refractivity contribution in [3.8, 4) is 17.4 Å². The highest BCUT2D eigenvalue weighted by molar-refractivity contribution is 6.13. The predicted molar refractivity (Wildman–Crippen MR) is 207 cm³/mol. The summed E-state index contributed by atoms with van der Waals surface area (Å²) >= 11 is 0. The van der Waals surface area contributed by atoms with Gasteiger partial charge in [0.25, 0.3) is 0 Å². The summed E-state index contributed by atoms with van der Waals surface area (Å²) in [6.07, 6.45) is 6.58. The Morgan fingerprint density at radius 3 is 2.00 bits per heavy atom. The van der Waals surface area contributed by atoms with E-state index in [1.807, 2.05) is 18.3 Å². The highest BCUT2D eigenvalue weighted by Gasteiger charge is 2.58. The molecule has 244 valence electrons. The van der Waals surface area contributed by atoms with Gasteiger partial charge >= 0.3 is 0 Å². The maximum atomic E-state index is 9.92. The first-order valence-corrected chi connectivity index (χ1v) is 17.7. The quantitative estimate of drug-likeness (QED) is 0.178. The number of rotatable bonds is 3. The van der Waals surface area contributed by atoms with Crippen molar-refractivity contribution in [3.05, 3.63) is 144 Å². The van der Waals surface area contributed by atoms with Crippen LogP contribution in [0.5, 0.6) is 0 Å². The van der Waals surface area contributed by atoms with Crippen LogP contribution in [0.25, 0.3) is 59.8 Å². The van der Waals surface area contributed by atoms with Gasteiger partial charge in [-0.3, -0.25) is 0 Å². The lowest BCUT2D eigenvalue weighted by molar-refractivity contribution is 0.195. The molecule has 2 aliphatic rings. The van der Waals surface area contributed by atoms with Gasteiger partial charge in [-0.1, -0.05) is 62.2 Å². The van der Waals surface area contributed by atoms with E-state index in [1.165, 1.54) is 29.2 Å². The van der Waals surface area contributed by atoms with E-state index in [-0.39, 0.29) is 11.0 Å². The minimum atomic E-state index is -0.117. The van der Waals surface area contributed by atoms with Crippen molar-refractivity contribution in [2.75, 3.05) is 4.90 Å². The Morgan fingerprint density at radius 2 is 1.29 bits per heavy atom. The molecule has 0 amide bonds. The molecule has 1 fully saturated rings. The number of nitrogens with zero attached hydrogens (tertiary/aromatic N) is 6. The summed E-state index contributed by atoms with van der Waals surface area (Å²) in [6, 6.07) is 42.8. The molecule has 10 rings (SSSR count). The lowest BCUT2D eigenvalue weighted by atomic mass is 9.61. The summed E-state index contributed by atoms with van der Waals surface area (Å²) < 4.78 is 4.57. The SMILES string of the molecule is [C-]#[N+]c1cc(C#N)cc(-n2c3ccc(N4c5ncccc5C5(C)CCCCC45C)cc3c3cc(-n4c5ccccc5c5ccccc54)ccc32)c1. The van der Waals surface area contributed by atoms with Crippen LogP contribution < -0.4 is 4.90 Å². The van der Waals surface area contributed by atoms with Crippen molar-refractivity contribution < 1.29 is 0 Å². The van der Waals surface area contributed by atoms with Crippen LogP contribution in [0.1, 0.15) is 50.7 Å². The monoisotopic (exact) mass is 658 g/mol. The third-order valence-electron chi connectivity index (χ3n) is 12.1. The number of fused-ring (bicyclic) bond motifs is 9. The van der Waals surface area contributed by atoms with Gasteiger partial charge < -0.3 is 14.0 Å². The molecule has 2 unspecified atom stereocenters. The molecule has 6 heteroatoms. The lowest BCUT2D eigenvalue weighted by Gasteiger charge is -2.50. The zero-order valence-electron chi connectivity index (χ0n) is 28.6. The summed E-state index contributed by atoms with van der Waals surface area (Å²) in [5, 5.41) is 14.6. The van der Waals surface area contributed by atoms with Crippen molar-refractivity contribution in [1.82, 2.24) is 14.1 Å². The number of hydrogen-bond donors (Lipinski definition) is 0. The molecule has 0 radical (unpaired) electrons. The molecule has 6 nitrogen and oxygen atoms in total. The second kappa shape index (κ2) is 10.6. The molecular formula is C45H34N6. The molecule has 51 heavy (non-hydrogen) atoms. The summed E-state index contributed by atoms with van der Waals surface area (Å²) in [6.45, 7) is 12.7. The molecular weight excluding hydrogens is 625 g/mol. The molecule has 0 saturated heterocycles. The molecule has 0 N–H and O–H groups in total. The van der Waals surface area contributed by atoms with Crippen LogP contribution in [0.3, 0.4) is 0 Å². The Hall–Kier alpha value is -6.37. The van der Waals surface area contributed by atoms with Gasteiger partial charge in [-0.25, -0.2) is 9.83 Å². The van der Waals surface area contributed by atoms with Gasteiger partial charge in [-0.05, 0) is 92.6 Å². The molecule has 1 saturated carbocycles. The van der Waals surface area contributed by atoms with E-state index in [0.717, 1.165) is 68.6 Å². The normalized spacial score (nSPS) is 19.7. The van der Waals surface area contributed by atoms with Crippen LogP contribution in [0.2, 0.25) is 0 Å². The maximum Gasteiger partial charge on any atom is 0.190 e. The van der Waals surface area contributed by atoms with Crippen molar-refractivity contribution in [2.24, 2.45) is 0 Å². The van der Waals surface area contributed by atoms with Gasteiger partial charge in [0, 0.05) is 61.3 Å². The van der Waals surface area contributed by atoms with E-state index >= 15 is 0 Å². The highest BCUT2D eigenvalue weighted by Crippen LogP contribution is 2.60. The van der Waals surface area contributed by atoms with Crippen molar-refractivity contribution in [1.29, 1.82) is 5.26 Å². The summed E-state index contributed by atoms with van der Waals surface area (Å²) in [7, 11) is 0. The lowest BCUT2D eigenvalue weighted by Crippen LogP contribution is -2.54. The Bertz CT molecular complexity index is 2760. The molecule has 2 atom stereocenters. The van der Waals surface area contributed by atoms with Gasteiger partial charge in [0.2, 0.25) is 0 Å². The van der Waals surface area contributed by atoms with Gasteiger partial charge in [-0.15, -0.1) is 0 Å². The van der Waals surface area contributed by atoms with Crippen LogP contribution in [-0.4, -0.2) is 19.7 Å². The summed E-state index contributed by atoms with van der Waals surface area (Å²) in [5.41, 5.74) is 9.51. The smallest absolute Gasteiger partial charge is 0.190 e. The zero-order valence-corrected chi connectivity index (χ0v) is 28.6. The van der Waals surface area contributed by atoms with E-state index in [4.69, 9.17) is 11.6 Å². The Labute approximate surface area is 296 Å². The van der Waals surface area contributed by atoms with Crippen LogP contribution >= 0.6 is 0 Å². The van der Waals surface area contributed by atoms with Gasteiger partial charge in [0.05, 0.1) is 40.2 Å². The second-order valence-electron chi connectivity index (χ2n) is 14.6. The first-order valence-electron chi connectivity index (χ1n) is 17.7. The summed E-state index contributed by atoms with van der Waals surface area (Å²) in [5.74, 6) is 1.06. The fourth-order valence-electron chi connectivity index (χ4n) is 9.53. The minimum Gasteiger partial charge on any atom is -0.319 e. The molecule has 5 aromatic carbocycles. The number of benzene rings is 5. The highest BCUT2D eigenvalue weighted by atomic mass is 15.3. The fourth-order valence-corrected chi connectivity index (χ4v) is 9.53. The average Bonchev–Trinajstić information content (AvgIpc) is 3.75. The van der Waals surface area contributed by atoms with Crippen molar-refractivity contribution in [3.63, 3.8) is 0 Å². The number of aromatic nitrogens is 3. The third-order valence-corrected chi connectivity index (χ3v) is 12.1. The largest absolute Gasteiger partial charge is 0.319 e. The standard InChI is InChI=1S/C45H34N6/c1-44-20-8-9-21-45(44,2)51(43-38(44)13-10-22-48-43)32-17-19-42-37(27-32)36-26-31(49-39-14-6-4-11-34(39)35-12-5-7-15-40(35)49)16-18-41(36)50(42)33-24-29(28-46)23-30(25-33)47-3/h4-7,10-19,22-27H,8-9,20-21H2,1-2H3. The van der Waals surface area contributed by atoms with E-state index in [1.54, 1.807) is 6.07 Å². The molecule has 8 aromatic rings. The van der Waals surface area contributed by atoms with Crippen molar-refractivity contribution >= 4 is 60.8 Å². The fraction of sp³-hybridized carbons (Fsp3) is 0.178. The Morgan fingerprint density at radius 1 is 0.667 bits per heavy atom. The van der Waals surface area contributed by atoms with Crippen LogP contribution in [0, 0.1) is 17.9 Å². The van der Waals surface area contributed by atoms with Gasteiger partial charge in [-0.2, -0.15) is 5.26 Å². The van der Waals surface area contributed by atoms with Crippen LogP contribution in [-0.2, 0) is 5.41 Å². The van der Waals surface area contributed by atoms with Crippen molar-refractivity contribution in [2.45, 2.75) is 50.5 Å². The number of para-hydroxylation sites is 2. The maximum absolute atomic E-state index is 9.92. The molecule has 4 heterocycles. The number of pyridine rings is 1. The summed E-state index contributed by atoms with van der Waals surface area (Å²) in [4.78, 5) is 11.3. The predicted octanol–water partition coefficient (Wildman–Crippen LogP) is 11.4. The molecule has 1 aliphatic heterocycles. The van der Waals surface area contributed by atoms with Crippen LogP contribution in [0.15, 0.2) is 121 Å². The topological polar surface area (TPSA) is 54.1 Å². The average molecular weight is 659 g/mol. The molecule has 0 bridgehead atoms. The number of anilines is 2. The van der Waals surface area contributed by atoms with E-state index in [2.05, 4.69) is 136 Å². The van der Waals surface area contributed by atoms with Gasteiger partial charge in [0.1, 0.15) is 5.82 Å². The van der Waals surface area contributed by atoms with E-state index in [9.17, 15) is 5.26 Å². The van der Waals surface area contributed by atoms with Crippen LogP contribution in [0.4, 0.5) is 17.2 Å². The van der Waals surface area contributed by atoms with E-state index < -0.39 is 0 Å². The number of hydrogen-bond acceptors (Lipinski definition) is 3.